The van der Waals surface area contributed by atoms with Crippen molar-refractivity contribution in [2.75, 3.05) is 39.9 Å². The minimum absolute atomic E-state index is 0. The smallest absolute Gasteiger partial charge is 0.161 e. The standard InChI is InChI=1S/C18H30N2O2.2ClH/c1-5-22-18-13-15(6-7-17(18)21-4)16(12-14(2)3)20-10-8-19-9-11-20;;/h6-7,13-14,16,19H,5,8-12H2,1-4H3;2*1H/t16-;;/m0../s1. The summed E-state index contributed by atoms with van der Waals surface area (Å²) in [6.07, 6.45) is 1.16. The maximum absolute atomic E-state index is 5.76. The molecule has 0 bridgehead atoms. The molecule has 1 aliphatic rings. The fourth-order valence-electron chi connectivity index (χ4n) is 3.11. The second-order valence-corrected chi connectivity index (χ2v) is 6.27. The number of nitrogens with one attached hydrogen (secondary N) is 1. The maximum atomic E-state index is 5.76. The zero-order valence-electron chi connectivity index (χ0n) is 15.2. The highest BCUT2D eigenvalue weighted by atomic mass is 35.5. The SMILES string of the molecule is CCOc1cc([C@H](CC(C)C)N2CCNCC2)ccc1OC.Cl.Cl. The van der Waals surface area contributed by atoms with Crippen molar-refractivity contribution in [2.45, 2.75) is 33.2 Å². The summed E-state index contributed by atoms with van der Waals surface area (Å²) in [7, 11) is 1.69. The van der Waals surface area contributed by atoms with Crippen molar-refractivity contribution in [1.29, 1.82) is 0 Å². The lowest BCUT2D eigenvalue weighted by molar-refractivity contribution is 0.153. The van der Waals surface area contributed by atoms with Gasteiger partial charge in [0.1, 0.15) is 0 Å². The molecule has 0 radical (unpaired) electrons. The number of ether oxygens (including phenoxy) is 2. The summed E-state index contributed by atoms with van der Waals surface area (Å²) >= 11 is 0. The third-order valence-corrected chi connectivity index (χ3v) is 4.16. The van der Waals surface area contributed by atoms with E-state index >= 15 is 0 Å². The molecular formula is C18H32Cl2N2O2. The van der Waals surface area contributed by atoms with Crippen molar-refractivity contribution in [3.8, 4) is 11.5 Å². The second-order valence-electron chi connectivity index (χ2n) is 6.27. The molecule has 1 N–H and O–H groups in total. The van der Waals surface area contributed by atoms with Crippen LogP contribution in [0.2, 0.25) is 0 Å². The predicted octanol–water partition coefficient (Wildman–Crippen LogP) is 3.93. The van der Waals surface area contributed by atoms with Gasteiger partial charge in [-0.2, -0.15) is 0 Å². The van der Waals surface area contributed by atoms with E-state index in [1.165, 1.54) is 5.56 Å². The lowest BCUT2D eigenvalue weighted by atomic mass is 9.94. The first kappa shape index (κ1) is 23.3. The van der Waals surface area contributed by atoms with Gasteiger partial charge in [-0.15, -0.1) is 24.8 Å². The van der Waals surface area contributed by atoms with Crippen LogP contribution in [-0.4, -0.2) is 44.8 Å². The summed E-state index contributed by atoms with van der Waals surface area (Å²) in [6.45, 7) is 11.6. The van der Waals surface area contributed by atoms with Gasteiger partial charge < -0.3 is 14.8 Å². The van der Waals surface area contributed by atoms with Crippen molar-refractivity contribution in [2.24, 2.45) is 5.92 Å². The summed E-state index contributed by atoms with van der Waals surface area (Å²) in [4.78, 5) is 2.59. The van der Waals surface area contributed by atoms with Crippen LogP contribution in [0, 0.1) is 5.92 Å². The molecule has 2 rings (SSSR count). The molecule has 1 atom stereocenters. The van der Waals surface area contributed by atoms with Gasteiger partial charge in [-0.1, -0.05) is 19.9 Å². The molecular weight excluding hydrogens is 347 g/mol. The number of piperazine rings is 1. The Morgan fingerprint density at radius 1 is 1.12 bits per heavy atom. The van der Waals surface area contributed by atoms with Crippen LogP contribution in [0.3, 0.4) is 0 Å². The summed E-state index contributed by atoms with van der Waals surface area (Å²) < 4.78 is 11.2. The highest BCUT2D eigenvalue weighted by Crippen LogP contribution is 2.35. The molecule has 1 aromatic carbocycles. The topological polar surface area (TPSA) is 33.7 Å². The molecule has 0 saturated carbocycles. The summed E-state index contributed by atoms with van der Waals surface area (Å²) in [6, 6.07) is 6.84. The van der Waals surface area contributed by atoms with Crippen LogP contribution >= 0.6 is 24.8 Å². The third-order valence-electron chi connectivity index (χ3n) is 4.16. The van der Waals surface area contributed by atoms with Gasteiger partial charge >= 0.3 is 0 Å². The molecule has 0 spiro atoms. The van der Waals surface area contributed by atoms with Crippen molar-refractivity contribution >= 4 is 24.8 Å². The van der Waals surface area contributed by atoms with Crippen LogP contribution in [0.15, 0.2) is 18.2 Å². The van der Waals surface area contributed by atoms with Crippen molar-refractivity contribution in [1.82, 2.24) is 10.2 Å². The van der Waals surface area contributed by atoms with E-state index in [9.17, 15) is 0 Å². The molecule has 1 saturated heterocycles. The lowest BCUT2D eigenvalue weighted by Crippen LogP contribution is -2.45. The predicted molar refractivity (Wildman–Crippen MR) is 105 cm³/mol. The first-order valence-electron chi connectivity index (χ1n) is 8.41. The number of rotatable bonds is 7. The van der Waals surface area contributed by atoms with Gasteiger partial charge in [-0.25, -0.2) is 0 Å². The summed E-state index contributed by atoms with van der Waals surface area (Å²) in [5.74, 6) is 2.33. The number of halogens is 2. The molecule has 24 heavy (non-hydrogen) atoms. The molecule has 1 aromatic rings. The molecule has 6 heteroatoms. The van der Waals surface area contributed by atoms with E-state index in [0.717, 1.165) is 44.1 Å². The maximum Gasteiger partial charge on any atom is 0.161 e. The molecule has 0 unspecified atom stereocenters. The zero-order valence-corrected chi connectivity index (χ0v) is 16.8. The van der Waals surface area contributed by atoms with E-state index in [1.54, 1.807) is 7.11 Å². The average Bonchev–Trinajstić information content (AvgIpc) is 2.53. The van der Waals surface area contributed by atoms with E-state index in [-0.39, 0.29) is 24.8 Å². The molecule has 1 fully saturated rings. The highest BCUT2D eigenvalue weighted by molar-refractivity contribution is 5.85. The lowest BCUT2D eigenvalue weighted by Gasteiger charge is -2.36. The Hall–Kier alpha value is -0.680. The fourth-order valence-corrected chi connectivity index (χ4v) is 3.11. The van der Waals surface area contributed by atoms with Gasteiger partial charge in [0.05, 0.1) is 13.7 Å². The number of methoxy groups -OCH3 is 1. The van der Waals surface area contributed by atoms with Gasteiger partial charge in [0.15, 0.2) is 11.5 Å². The normalized spacial score (nSPS) is 16.0. The van der Waals surface area contributed by atoms with Crippen molar-refractivity contribution < 1.29 is 9.47 Å². The fraction of sp³-hybridized carbons (Fsp3) is 0.667. The Morgan fingerprint density at radius 3 is 2.33 bits per heavy atom. The molecule has 0 amide bonds. The zero-order chi connectivity index (χ0) is 15.9. The molecule has 4 nitrogen and oxygen atoms in total. The summed E-state index contributed by atoms with van der Waals surface area (Å²) in [5.41, 5.74) is 1.33. The van der Waals surface area contributed by atoms with Gasteiger partial charge in [-0.3, -0.25) is 4.90 Å². The summed E-state index contributed by atoms with van der Waals surface area (Å²) in [5, 5.41) is 3.44. The Labute approximate surface area is 159 Å². The molecule has 1 aliphatic heterocycles. The van der Waals surface area contributed by atoms with Gasteiger partial charge in [0, 0.05) is 32.2 Å². The van der Waals surface area contributed by atoms with Crippen LogP contribution in [0.4, 0.5) is 0 Å². The van der Waals surface area contributed by atoms with E-state index in [0.29, 0.717) is 18.6 Å². The quantitative estimate of drug-likeness (QED) is 0.778. The Bertz CT molecular complexity index is 466. The molecule has 0 aliphatic carbocycles. The third kappa shape index (κ3) is 6.32. The first-order valence-corrected chi connectivity index (χ1v) is 8.41. The molecule has 1 heterocycles. The van der Waals surface area contributed by atoms with Gasteiger partial charge in [-0.05, 0) is 37.0 Å². The Morgan fingerprint density at radius 2 is 1.79 bits per heavy atom. The Balaban J connectivity index is 0.00000264. The largest absolute Gasteiger partial charge is 0.493 e. The van der Waals surface area contributed by atoms with Crippen LogP contribution in [0.1, 0.15) is 38.8 Å². The second kappa shape index (κ2) is 11.8. The van der Waals surface area contributed by atoms with E-state index in [1.807, 2.05) is 13.0 Å². The highest BCUT2D eigenvalue weighted by Gasteiger charge is 2.24. The number of benzene rings is 1. The van der Waals surface area contributed by atoms with E-state index < -0.39 is 0 Å². The first-order chi connectivity index (χ1) is 10.7. The number of hydrogen-bond acceptors (Lipinski definition) is 4. The average molecular weight is 379 g/mol. The number of hydrogen-bond donors (Lipinski definition) is 1. The molecule has 0 aromatic heterocycles. The monoisotopic (exact) mass is 378 g/mol. The van der Waals surface area contributed by atoms with Crippen LogP contribution < -0.4 is 14.8 Å². The van der Waals surface area contributed by atoms with E-state index in [4.69, 9.17) is 9.47 Å². The van der Waals surface area contributed by atoms with Crippen molar-refractivity contribution in [3.63, 3.8) is 0 Å². The number of nitrogens with zero attached hydrogens (tertiary/aromatic N) is 1. The van der Waals surface area contributed by atoms with Gasteiger partial charge in [0.2, 0.25) is 0 Å². The minimum Gasteiger partial charge on any atom is -0.493 e. The van der Waals surface area contributed by atoms with E-state index in [2.05, 4.69) is 36.2 Å². The minimum atomic E-state index is 0. The van der Waals surface area contributed by atoms with Gasteiger partial charge in [0.25, 0.3) is 0 Å². The van der Waals surface area contributed by atoms with Crippen LogP contribution in [-0.2, 0) is 0 Å². The Kier molecular flexibility index (Phi) is 11.5. The van der Waals surface area contributed by atoms with Crippen LogP contribution in [0.25, 0.3) is 0 Å². The molecule has 140 valence electrons. The van der Waals surface area contributed by atoms with Crippen LogP contribution in [0.5, 0.6) is 11.5 Å². The van der Waals surface area contributed by atoms with Crippen molar-refractivity contribution in [3.05, 3.63) is 23.8 Å².